The molecule has 0 N–H and O–H groups in total. The van der Waals surface area contributed by atoms with Crippen LogP contribution in [-0.2, 0) is 6.18 Å². The largest absolute Gasteiger partial charge is 0.417 e. The van der Waals surface area contributed by atoms with Gasteiger partial charge in [-0.15, -0.1) is 0 Å². The van der Waals surface area contributed by atoms with E-state index in [9.17, 15) is 18.0 Å². The van der Waals surface area contributed by atoms with Crippen molar-refractivity contribution in [1.29, 1.82) is 0 Å². The Morgan fingerprint density at radius 2 is 1.76 bits per heavy atom. The minimum Gasteiger partial charge on any atom is -0.292 e. The van der Waals surface area contributed by atoms with Gasteiger partial charge in [0.15, 0.2) is 5.78 Å². The van der Waals surface area contributed by atoms with E-state index < -0.39 is 23.1 Å². The van der Waals surface area contributed by atoms with Crippen LogP contribution >= 0.6 is 0 Å². The molecule has 5 heteroatoms. The number of halogens is 3. The van der Waals surface area contributed by atoms with Crippen LogP contribution < -0.4 is 0 Å². The fourth-order valence-electron chi connectivity index (χ4n) is 2.96. The summed E-state index contributed by atoms with van der Waals surface area (Å²) in [6, 6.07) is 5.07. The Morgan fingerprint density at radius 1 is 1.19 bits per heavy atom. The molecule has 1 atom stereocenters. The molecule has 0 radical (unpaired) electrons. The van der Waals surface area contributed by atoms with Gasteiger partial charge in [-0.05, 0) is 45.3 Å². The molecule has 0 bridgehead atoms. The first-order chi connectivity index (χ1) is 9.80. The van der Waals surface area contributed by atoms with Gasteiger partial charge in [0.05, 0.1) is 11.1 Å². The Morgan fingerprint density at radius 3 is 2.29 bits per heavy atom. The molecule has 1 heterocycles. The van der Waals surface area contributed by atoms with Gasteiger partial charge in [-0.1, -0.05) is 25.1 Å². The number of hydrogen-bond donors (Lipinski definition) is 0. The van der Waals surface area contributed by atoms with Gasteiger partial charge in [0.1, 0.15) is 0 Å². The van der Waals surface area contributed by atoms with Crippen molar-refractivity contribution in [2.24, 2.45) is 0 Å². The second-order valence-electron chi connectivity index (χ2n) is 5.69. The molecule has 0 saturated carbocycles. The predicted octanol–water partition coefficient (Wildman–Crippen LogP) is 4.15. The van der Waals surface area contributed by atoms with Crippen molar-refractivity contribution in [1.82, 2.24) is 4.90 Å². The van der Waals surface area contributed by atoms with E-state index in [1.165, 1.54) is 18.2 Å². The Labute approximate surface area is 122 Å². The van der Waals surface area contributed by atoms with Gasteiger partial charge in [-0.2, -0.15) is 13.2 Å². The maximum atomic E-state index is 13.1. The number of likely N-dealkylation sites (tertiary alicyclic amines) is 1. The summed E-state index contributed by atoms with van der Waals surface area (Å²) in [5, 5.41) is 0. The molecule has 1 fully saturated rings. The number of rotatable bonds is 4. The third-order valence-corrected chi connectivity index (χ3v) is 4.46. The summed E-state index contributed by atoms with van der Waals surface area (Å²) < 4.78 is 39.3. The van der Waals surface area contributed by atoms with Crippen LogP contribution in [0.3, 0.4) is 0 Å². The summed E-state index contributed by atoms with van der Waals surface area (Å²) in [5.41, 5.74) is -1.92. The predicted molar refractivity (Wildman–Crippen MR) is 75.3 cm³/mol. The van der Waals surface area contributed by atoms with Gasteiger partial charge in [-0.25, -0.2) is 0 Å². The molecule has 116 valence electrons. The van der Waals surface area contributed by atoms with Crippen molar-refractivity contribution in [2.45, 2.75) is 44.8 Å². The number of carbonyl (C=O) groups excluding carboxylic acids is 1. The van der Waals surface area contributed by atoms with E-state index in [1.54, 1.807) is 6.92 Å². The van der Waals surface area contributed by atoms with E-state index in [0.29, 0.717) is 6.42 Å². The molecule has 1 saturated heterocycles. The summed E-state index contributed by atoms with van der Waals surface area (Å²) >= 11 is 0. The zero-order valence-electron chi connectivity index (χ0n) is 12.3. The highest BCUT2D eigenvalue weighted by atomic mass is 19.4. The quantitative estimate of drug-likeness (QED) is 0.778. The maximum Gasteiger partial charge on any atom is 0.417 e. The van der Waals surface area contributed by atoms with Crippen LogP contribution in [0.4, 0.5) is 13.2 Å². The van der Waals surface area contributed by atoms with E-state index in [1.807, 2.05) is 11.8 Å². The number of benzene rings is 1. The van der Waals surface area contributed by atoms with E-state index in [4.69, 9.17) is 0 Å². The van der Waals surface area contributed by atoms with Crippen molar-refractivity contribution in [3.8, 4) is 0 Å². The summed E-state index contributed by atoms with van der Waals surface area (Å²) in [7, 11) is 0. The number of carbonyl (C=O) groups is 1. The topological polar surface area (TPSA) is 20.3 Å². The lowest BCUT2D eigenvalue weighted by molar-refractivity contribution is -0.138. The van der Waals surface area contributed by atoms with Gasteiger partial charge >= 0.3 is 6.18 Å². The highest BCUT2D eigenvalue weighted by Crippen LogP contribution is 2.36. The number of hydrogen-bond acceptors (Lipinski definition) is 2. The van der Waals surface area contributed by atoms with Crippen LogP contribution in [0.2, 0.25) is 0 Å². The molecule has 0 aromatic heterocycles. The Hall–Kier alpha value is -1.36. The zero-order valence-corrected chi connectivity index (χ0v) is 12.3. The molecule has 1 aromatic rings. The average molecular weight is 299 g/mol. The maximum absolute atomic E-state index is 13.1. The Kier molecular flexibility index (Phi) is 4.42. The first-order valence-electron chi connectivity index (χ1n) is 7.27. The molecule has 21 heavy (non-hydrogen) atoms. The molecule has 2 nitrogen and oxygen atoms in total. The highest BCUT2D eigenvalue weighted by molar-refractivity contribution is 6.04. The molecule has 2 rings (SSSR count). The van der Waals surface area contributed by atoms with Crippen LogP contribution in [0.15, 0.2) is 24.3 Å². The van der Waals surface area contributed by atoms with E-state index in [2.05, 4.69) is 0 Å². The summed E-state index contributed by atoms with van der Waals surface area (Å²) in [6.07, 6.45) is -2.03. The van der Waals surface area contributed by atoms with Crippen molar-refractivity contribution < 1.29 is 18.0 Å². The van der Waals surface area contributed by atoms with Crippen LogP contribution in [0.1, 0.15) is 49.0 Å². The first kappa shape index (κ1) is 16.0. The molecule has 1 aliphatic rings. The van der Waals surface area contributed by atoms with Gasteiger partial charge in [0.25, 0.3) is 0 Å². The number of alkyl halides is 3. The normalized spacial score (nSPS) is 19.5. The van der Waals surface area contributed by atoms with E-state index in [-0.39, 0.29) is 5.56 Å². The molecule has 1 aliphatic heterocycles. The van der Waals surface area contributed by atoms with Gasteiger partial charge in [-0.3, -0.25) is 9.69 Å². The molecule has 0 aliphatic carbocycles. The molecule has 1 aromatic carbocycles. The van der Waals surface area contributed by atoms with Gasteiger partial charge in [0.2, 0.25) is 0 Å². The minimum absolute atomic E-state index is 0.221. The third-order valence-electron chi connectivity index (χ3n) is 4.46. The molecule has 1 unspecified atom stereocenters. The first-order valence-corrected chi connectivity index (χ1v) is 7.27. The van der Waals surface area contributed by atoms with Crippen molar-refractivity contribution in [3.63, 3.8) is 0 Å². The molecular formula is C16H20F3NO. The van der Waals surface area contributed by atoms with Gasteiger partial charge < -0.3 is 0 Å². The summed E-state index contributed by atoms with van der Waals surface area (Å²) in [6.45, 7) is 5.15. The number of Topliss-reactive ketones (excluding diaryl/α,β-unsaturated/α-hetero) is 1. The fraction of sp³-hybridized carbons (Fsp3) is 0.562. The smallest absolute Gasteiger partial charge is 0.292 e. The average Bonchev–Trinajstić information content (AvgIpc) is 2.99. The Bertz CT molecular complexity index is 520. The van der Waals surface area contributed by atoms with Crippen LogP contribution in [0, 0.1) is 0 Å². The molecule has 0 amide bonds. The third kappa shape index (κ3) is 2.98. The second-order valence-corrected chi connectivity index (χ2v) is 5.69. The molecule has 0 spiro atoms. The van der Waals surface area contributed by atoms with E-state index >= 15 is 0 Å². The van der Waals surface area contributed by atoms with Crippen LogP contribution in [-0.4, -0.2) is 29.3 Å². The molecular weight excluding hydrogens is 279 g/mol. The second kappa shape index (κ2) is 5.79. The van der Waals surface area contributed by atoms with Crippen molar-refractivity contribution >= 4 is 5.78 Å². The lowest BCUT2D eigenvalue weighted by Crippen LogP contribution is -2.51. The van der Waals surface area contributed by atoms with Crippen molar-refractivity contribution in [3.05, 3.63) is 35.4 Å². The van der Waals surface area contributed by atoms with E-state index in [0.717, 1.165) is 32.0 Å². The van der Waals surface area contributed by atoms with Crippen LogP contribution in [0.25, 0.3) is 0 Å². The highest BCUT2D eigenvalue weighted by Gasteiger charge is 2.43. The SMILES string of the molecule is CCC(C)(C(=O)c1ccccc1C(F)(F)F)N1CCCC1. The zero-order chi connectivity index (χ0) is 15.7. The lowest BCUT2D eigenvalue weighted by Gasteiger charge is -2.37. The Balaban J connectivity index is 2.43. The number of ketones is 1. The van der Waals surface area contributed by atoms with Crippen molar-refractivity contribution in [2.75, 3.05) is 13.1 Å². The minimum atomic E-state index is -4.51. The van der Waals surface area contributed by atoms with Crippen LogP contribution in [0.5, 0.6) is 0 Å². The standard InChI is InChI=1S/C16H20F3NO/c1-3-15(2,20-10-6-7-11-20)14(21)12-8-4-5-9-13(12)16(17,18)19/h4-5,8-9H,3,6-7,10-11H2,1-2H3. The number of nitrogens with zero attached hydrogens (tertiary/aromatic N) is 1. The lowest BCUT2D eigenvalue weighted by atomic mass is 9.85. The summed E-state index contributed by atoms with van der Waals surface area (Å²) in [4.78, 5) is 14.8. The van der Waals surface area contributed by atoms with Gasteiger partial charge in [0, 0.05) is 5.56 Å². The summed E-state index contributed by atoms with van der Waals surface area (Å²) in [5.74, 6) is -0.431. The fourth-order valence-corrected chi connectivity index (χ4v) is 2.96. The monoisotopic (exact) mass is 299 g/mol.